The number of hydrogen-bond acceptors (Lipinski definition) is 2. The van der Waals surface area contributed by atoms with E-state index in [-0.39, 0.29) is 5.54 Å². The highest BCUT2D eigenvalue weighted by molar-refractivity contribution is 4.84. The summed E-state index contributed by atoms with van der Waals surface area (Å²) in [6.07, 6.45) is 0. The van der Waals surface area contributed by atoms with E-state index in [1.807, 2.05) is 7.05 Å². The van der Waals surface area contributed by atoms with Crippen molar-refractivity contribution in [1.82, 2.24) is 0 Å². The Morgan fingerprint density at radius 3 is 2.27 bits per heavy atom. The van der Waals surface area contributed by atoms with Crippen LogP contribution in [0.25, 0.3) is 5.43 Å². The van der Waals surface area contributed by atoms with Crippen LogP contribution < -0.4 is 5.01 Å². The van der Waals surface area contributed by atoms with Crippen LogP contribution in [0.5, 0.6) is 0 Å². The SMILES string of the molecule is CN=NC[NH+](C)[N-]C(C)(C)C. The smallest absolute Gasteiger partial charge is 0.181 e. The summed E-state index contributed by atoms with van der Waals surface area (Å²) in [6, 6.07) is 0. The van der Waals surface area contributed by atoms with Gasteiger partial charge in [0.15, 0.2) is 6.67 Å². The molecular formula is C7H18N4. The second-order valence-electron chi connectivity index (χ2n) is 3.52. The Bertz CT molecular complexity index is 125. The number of quaternary nitrogens is 1. The van der Waals surface area contributed by atoms with E-state index in [1.54, 1.807) is 7.05 Å². The van der Waals surface area contributed by atoms with Crippen LogP contribution in [0.3, 0.4) is 0 Å². The van der Waals surface area contributed by atoms with Gasteiger partial charge >= 0.3 is 0 Å². The molecule has 0 radical (unpaired) electrons. The van der Waals surface area contributed by atoms with Crippen LogP contribution in [0, 0.1) is 0 Å². The number of hydrogen-bond donors (Lipinski definition) is 1. The van der Waals surface area contributed by atoms with Crippen molar-refractivity contribution in [3.05, 3.63) is 5.43 Å². The van der Waals surface area contributed by atoms with Crippen molar-refractivity contribution in [3.8, 4) is 0 Å². The molecule has 0 aliphatic heterocycles. The monoisotopic (exact) mass is 158 g/mol. The summed E-state index contributed by atoms with van der Waals surface area (Å²) in [5.41, 5.74) is 4.42. The van der Waals surface area contributed by atoms with Gasteiger partial charge in [0.25, 0.3) is 0 Å². The molecular weight excluding hydrogens is 140 g/mol. The van der Waals surface area contributed by atoms with Crippen molar-refractivity contribution in [3.63, 3.8) is 0 Å². The Hall–Kier alpha value is -0.480. The van der Waals surface area contributed by atoms with E-state index in [0.29, 0.717) is 6.67 Å². The Kier molecular flexibility index (Phi) is 4.22. The average Bonchev–Trinajstić information content (AvgIpc) is 1.79. The Morgan fingerprint density at radius 2 is 1.91 bits per heavy atom. The number of nitrogens with zero attached hydrogens (tertiary/aromatic N) is 3. The van der Waals surface area contributed by atoms with Crippen molar-refractivity contribution >= 4 is 0 Å². The lowest BCUT2D eigenvalue weighted by atomic mass is 10.1. The van der Waals surface area contributed by atoms with Crippen LogP contribution in [0.4, 0.5) is 0 Å². The van der Waals surface area contributed by atoms with Crippen molar-refractivity contribution < 1.29 is 5.01 Å². The molecule has 0 aliphatic rings. The van der Waals surface area contributed by atoms with Gasteiger partial charge in [-0.1, -0.05) is 26.3 Å². The molecule has 4 heteroatoms. The molecule has 0 fully saturated rings. The lowest BCUT2D eigenvalue weighted by molar-refractivity contribution is -0.844. The maximum absolute atomic E-state index is 4.41. The predicted molar refractivity (Wildman–Crippen MR) is 45.6 cm³/mol. The molecule has 1 N–H and O–H groups in total. The second kappa shape index (κ2) is 4.41. The van der Waals surface area contributed by atoms with Crippen LogP contribution in [0.1, 0.15) is 20.8 Å². The second-order valence-corrected chi connectivity index (χ2v) is 3.52. The first-order valence-electron chi connectivity index (χ1n) is 3.76. The Labute approximate surface area is 68.7 Å². The Morgan fingerprint density at radius 1 is 1.36 bits per heavy atom. The summed E-state index contributed by atoms with van der Waals surface area (Å²) < 4.78 is 0. The molecule has 0 heterocycles. The Balaban J connectivity index is 3.60. The van der Waals surface area contributed by atoms with E-state index in [0.717, 1.165) is 5.01 Å². The molecule has 4 nitrogen and oxygen atoms in total. The number of rotatable bonds is 3. The highest BCUT2D eigenvalue weighted by atomic mass is 15.5. The van der Waals surface area contributed by atoms with E-state index in [1.165, 1.54) is 0 Å². The fourth-order valence-electron chi connectivity index (χ4n) is 0.781. The van der Waals surface area contributed by atoms with E-state index >= 15 is 0 Å². The molecule has 0 aromatic carbocycles. The summed E-state index contributed by atoms with van der Waals surface area (Å²) in [4.78, 5) is 0. The van der Waals surface area contributed by atoms with Gasteiger partial charge in [-0.25, -0.2) is 0 Å². The standard InChI is InChI=1S/C7H18N4/c1-7(2,3)10-11(5)6-9-8-4/h11H,6H2,1-5H3. The topological polar surface area (TPSA) is 43.3 Å². The quantitative estimate of drug-likeness (QED) is 0.462. The molecule has 0 aliphatic carbocycles. The lowest BCUT2D eigenvalue weighted by Crippen LogP contribution is -3.05. The van der Waals surface area contributed by atoms with Gasteiger partial charge in [-0.05, 0) is 0 Å². The fraction of sp³-hybridized carbons (Fsp3) is 1.00. The molecule has 0 rings (SSSR count). The molecule has 0 amide bonds. The summed E-state index contributed by atoms with van der Waals surface area (Å²) in [6.45, 7) is 6.83. The maximum atomic E-state index is 4.41. The van der Waals surface area contributed by atoms with E-state index < -0.39 is 0 Å². The minimum absolute atomic E-state index is 0.00729. The largest absolute Gasteiger partial charge is 0.447 e. The zero-order valence-corrected chi connectivity index (χ0v) is 8.05. The molecule has 0 aromatic rings. The van der Waals surface area contributed by atoms with Gasteiger partial charge in [-0.3, -0.25) is 0 Å². The lowest BCUT2D eigenvalue weighted by Gasteiger charge is -2.38. The molecule has 1 unspecified atom stereocenters. The van der Waals surface area contributed by atoms with Crippen LogP contribution in [0.2, 0.25) is 0 Å². The van der Waals surface area contributed by atoms with E-state index in [4.69, 9.17) is 0 Å². The third-order valence-corrected chi connectivity index (χ3v) is 0.967. The number of azo groups is 1. The molecule has 0 bridgehead atoms. The summed E-state index contributed by atoms with van der Waals surface area (Å²) in [7, 11) is 3.64. The van der Waals surface area contributed by atoms with Crippen molar-refractivity contribution in [2.75, 3.05) is 20.8 Å². The first-order valence-corrected chi connectivity index (χ1v) is 3.76. The van der Waals surface area contributed by atoms with E-state index in [9.17, 15) is 0 Å². The highest BCUT2D eigenvalue weighted by Crippen LogP contribution is 2.06. The molecule has 0 saturated heterocycles. The van der Waals surface area contributed by atoms with Crippen LogP contribution in [-0.4, -0.2) is 26.3 Å². The first-order chi connectivity index (χ1) is 4.95. The fourth-order valence-corrected chi connectivity index (χ4v) is 0.781. The van der Waals surface area contributed by atoms with Crippen molar-refractivity contribution in [2.24, 2.45) is 10.2 Å². The van der Waals surface area contributed by atoms with Gasteiger partial charge in [-0.15, -0.1) is 5.11 Å². The van der Waals surface area contributed by atoms with Gasteiger partial charge in [0.05, 0.1) is 7.05 Å². The van der Waals surface area contributed by atoms with Gasteiger partial charge in [0.2, 0.25) is 0 Å². The predicted octanol–water partition coefficient (Wildman–Crippen LogP) is 0.628. The number of nitrogens with one attached hydrogen (secondary N) is 1. The molecule has 0 aromatic heterocycles. The van der Waals surface area contributed by atoms with Crippen molar-refractivity contribution in [2.45, 2.75) is 26.3 Å². The molecule has 66 valence electrons. The summed E-state index contributed by atoms with van der Waals surface area (Å²) >= 11 is 0. The van der Waals surface area contributed by atoms with Crippen LogP contribution >= 0.6 is 0 Å². The highest BCUT2D eigenvalue weighted by Gasteiger charge is 2.01. The minimum Gasteiger partial charge on any atom is -0.447 e. The van der Waals surface area contributed by atoms with Gasteiger partial charge in [-0.2, -0.15) is 5.11 Å². The summed E-state index contributed by atoms with van der Waals surface area (Å²) in [5, 5.41) is 8.53. The van der Waals surface area contributed by atoms with Crippen molar-refractivity contribution in [1.29, 1.82) is 0 Å². The average molecular weight is 158 g/mol. The van der Waals surface area contributed by atoms with Gasteiger partial charge in [0, 0.05) is 7.05 Å². The van der Waals surface area contributed by atoms with Gasteiger partial charge < -0.3 is 10.4 Å². The maximum Gasteiger partial charge on any atom is 0.181 e. The summed E-state index contributed by atoms with van der Waals surface area (Å²) in [5.74, 6) is 0. The zero-order chi connectivity index (χ0) is 8.91. The molecule has 11 heavy (non-hydrogen) atoms. The molecule has 0 spiro atoms. The third-order valence-electron chi connectivity index (χ3n) is 0.967. The zero-order valence-electron chi connectivity index (χ0n) is 8.05. The molecule has 0 saturated carbocycles. The van der Waals surface area contributed by atoms with E-state index in [2.05, 4.69) is 36.4 Å². The van der Waals surface area contributed by atoms with Crippen LogP contribution in [-0.2, 0) is 0 Å². The molecule has 1 atom stereocenters. The van der Waals surface area contributed by atoms with Crippen LogP contribution in [0.15, 0.2) is 10.2 Å². The van der Waals surface area contributed by atoms with Gasteiger partial charge in [0.1, 0.15) is 0 Å². The minimum atomic E-state index is 0.00729. The third kappa shape index (κ3) is 7.42. The normalized spacial score (nSPS) is 15.7. The first kappa shape index (κ1) is 10.5.